The molecule has 7 rings (SSSR count). The normalized spacial score (nSPS) is 22.1. The number of nitrogens with one attached hydrogen (secondary N) is 4. The van der Waals surface area contributed by atoms with Crippen LogP contribution in [-0.4, -0.2) is 189 Å². The van der Waals surface area contributed by atoms with E-state index in [-0.39, 0.29) is 82.4 Å². The molecule has 534 valence electrons. The molecule has 99 heavy (non-hydrogen) atoms. The van der Waals surface area contributed by atoms with Crippen LogP contribution >= 0.6 is 0 Å². The number of carbonyl (C=O) groups excluding carboxylic acids is 11. The number of ketones is 1. The van der Waals surface area contributed by atoms with E-state index in [2.05, 4.69) is 21.3 Å². The SMILES string of the molecule is COc1ccc(CC[C@H]2OC(=O)[C@@H]3CCCCN3C(=O)C(=O)C(C)(C)COC(=O)C=CCCCCN(C)C(=O)[C@H](CC(C)C)N(C)C(=O)[C@H]3CCCN3C(=O)[C@H](Cc3ccc(CNC(=O)CN(C)C)cc3)NC(=O)[C@H](c3ccccc3)NC(=O)CCC(=O)Nc3cccc2c3)cc1OC. The first kappa shape index (κ1) is 76.9. The zero-order valence-corrected chi connectivity index (χ0v) is 58.9. The van der Waals surface area contributed by atoms with Crippen LogP contribution in [0.3, 0.4) is 0 Å². The van der Waals surface area contributed by atoms with Crippen LogP contribution in [0, 0.1) is 11.3 Å². The number of aryl methyl sites for hydroxylation is 1. The number of anilines is 1. The smallest absolute Gasteiger partial charge is 0.330 e. The molecule has 4 N–H and O–H groups in total. The van der Waals surface area contributed by atoms with E-state index < -0.39 is 101 Å². The van der Waals surface area contributed by atoms with Gasteiger partial charge in [0.2, 0.25) is 47.1 Å². The van der Waals surface area contributed by atoms with Crippen LogP contribution in [-0.2, 0) is 81.6 Å². The number of piperidine rings is 1. The Morgan fingerprint density at radius 2 is 1.36 bits per heavy atom. The number of cyclic esters (lactones) is 2. The van der Waals surface area contributed by atoms with Crippen molar-refractivity contribution in [1.29, 1.82) is 0 Å². The number of esters is 2. The van der Waals surface area contributed by atoms with Gasteiger partial charge in [-0.3, -0.25) is 43.2 Å². The number of amides is 8. The highest BCUT2D eigenvalue weighted by Gasteiger charge is 2.44. The highest BCUT2D eigenvalue weighted by atomic mass is 16.5. The molecule has 8 amide bonds. The molecule has 0 radical (unpaired) electrons. The number of fused-ring (bicyclic) bond motifs is 4. The van der Waals surface area contributed by atoms with Gasteiger partial charge in [0.25, 0.3) is 5.91 Å². The maximum atomic E-state index is 15.3. The van der Waals surface area contributed by atoms with Gasteiger partial charge in [0.15, 0.2) is 11.5 Å². The minimum absolute atomic E-state index is 0.0130. The van der Waals surface area contributed by atoms with Crippen molar-refractivity contribution in [2.45, 2.75) is 160 Å². The molecule has 0 aliphatic carbocycles. The van der Waals surface area contributed by atoms with Crippen LogP contribution in [0.1, 0.15) is 145 Å². The highest BCUT2D eigenvalue weighted by molar-refractivity contribution is 6.38. The Hall–Kier alpha value is -9.45. The molecule has 0 saturated carbocycles. The van der Waals surface area contributed by atoms with Crippen LogP contribution in [0.15, 0.2) is 109 Å². The summed E-state index contributed by atoms with van der Waals surface area (Å²) in [5, 5.41) is 11.5. The third kappa shape index (κ3) is 22.3. The number of hydrogen-bond donors (Lipinski definition) is 4. The average Bonchev–Trinajstić information content (AvgIpc) is 1.80. The van der Waals surface area contributed by atoms with Crippen molar-refractivity contribution in [2.24, 2.45) is 11.3 Å². The number of nitrogens with zero attached hydrogens (tertiary/aromatic N) is 5. The summed E-state index contributed by atoms with van der Waals surface area (Å²) in [6.45, 7) is 7.50. The largest absolute Gasteiger partial charge is 0.493 e. The lowest BCUT2D eigenvalue weighted by atomic mass is 9.87. The lowest BCUT2D eigenvalue weighted by molar-refractivity contribution is -0.165. The van der Waals surface area contributed by atoms with Crippen LogP contribution in [0.4, 0.5) is 5.69 Å². The Morgan fingerprint density at radius 1 is 0.697 bits per heavy atom. The summed E-state index contributed by atoms with van der Waals surface area (Å²) in [6.07, 6.45) is 5.65. The van der Waals surface area contributed by atoms with Crippen LogP contribution in [0.5, 0.6) is 11.5 Å². The monoisotopic (exact) mass is 1370 g/mol. The fraction of sp³-hybridized carbons (Fsp3) is 0.507. The van der Waals surface area contributed by atoms with Crippen LogP contribution < -0.4 is 30.7 Å². The topological polar surface area (TPSA) is 289 Å². The van der Waals surface area contributed by atoms with Crippen molar-refractivity contribution in [3.63, 3.8) is 0 Å². The number of rotatable bonds is 14. The van der Waals surface area contributed by atoms with Crippen molar-refractivity contribution >= 4 is 70.7 Å². The summed E-state index contributed by atoms with van der Waals surface area (Å²) >= 11 is 0. The van der Waals surface area contributed by atoms with E-state index in [9.17, 15) is 47.9 Å². The second kappa shape index (κ2) is 36.9. The van der Waals surface area contributed by atoms with E-state index in [0.717, 1.165) is 11.1 Å². The van der Waals surface area contributed by atoms with Gasteiger partial charge in [-0.1, -0.05) is 92.7 Å². The molecule has 24 nitrogen and oxygen atoms in total. The fourth-order valence-corrected chi connectivity index (χ4v) is 12.4. The summed E-state index contributed by atoms with van der Waals surface area (Å²) < 4.78 is 22.9. The van der Waals surface area contributed by atoms with Gasteiger partial charge in [0.05, 0.1) is 26.2 Å². The Balaban J connectivity index is 1.19. The molecule has 4 aromatic rings. The number of carbonyl (C=O) groups is 11. The second-order valence-electron chi connectivity index (χ2n) is 27.1. The van der Waals surface area contributed by atoms with E-state index in [0.29, 0.717) is 91.8 Å². The maximum absolute atomic E-state index is 15.3. The lowest BCUT2D eigenvalue weighted by Gasteiger charge is -2.36. The van der Waals surface area contributed by atoms with E-state index in [1.54, 1.807) is 117 Å². The lowest BCUT2D eigenvalue weighted by Crippen LogP contribution is -2.58. The number of methoxy groups -OCH3 is 2. The van der Waals surface area contributed by atoms with Crippen molar-refractivity contribution < 1.29 is 71.7 Å². The summed E-state index contributed by atoms with van der Waals surface area (Å²) in [5.74, 6) is -5.68. The van der Waals surface area contributed by atoms with Gasteiger partial charge in [-0.05, 0) is 157 Å². The molecule has 3 heterocycles. The van der Waals surface area contributed by atoms with Crippen LogP contribution in [0.25, 0.3) is 0 Å². The maximum Gasteiger partial charge on any atom is 0.330 e. The zero-order chi connectivity index (χ0) is 71.9. The predicted octanol–water partition coefficient (Wildman–Crippen LogP) is 6.98. The van der Waals surface area contributed by atoms with Gasteiger partial charge in [-0.25, -0.2) is 9.59 Å². The molecule has 3 aliphatic heterocycles. The van der Waals surface area contributed by atoms with Crippen molar-refractivity contribution in [3.8, 4) is 11.5 Å². The molecule has 2 saturated heterocycles. The first-order valence-electron chi connectivity index (χ1n) is 34.2. The number of benzene rings is 4. The van der Waals surface area contributed by atoms with Crippen LogP contribution in [0.2, 0.25) is 0 Å². The van der Waals surface area contributed by atoms with Crippen molar-refractivity contribution in [2.75, 3.05) is 80.5 Å². The number of ether oxygens (including phenoxy) is 4. The Kier molecular flexibility index (Phi) is 28.7. The van der Waals surface area contributed by atoms with E-state index >= 15 is 4.79 Å². The predicted molar refractivity (Wildman–Crippen MR) is 371 cm³/mol. The summed E-state index contributed by atoms with van der Waals surface area (Å²) in [6, 6.07) is 22.1. The quantitative estimate of drug-likeness (QED) is 0.0731. The first-order chi connectivity index (χ1) is 47.3. The molecule has 2 fully saturated rings. The molecule has 3 aliphatic rings. The number of allylic oxidation sites excluding steroid dienone is 1. The van der Waals surface area contributed by atoms with Gasteiger partial charge in [-0.2, -0.15) is 0 Å². The molecule has 0 unspecified atom stereocenters. The Morgan fingerprint density at radius 3 is 2.07 bits per heavy atom. The van der Waals surface area contributed by atoms with Crippen molar-refractivity contribution in [1.82, 2.24) is 40.4 Å². The van der Waals surface area contributed by atoms with Gasteiger partial charge < -0.3 is 64.7 Å². The second-order valence-corrected chi connectivity index (χ2v) is 27.1. The molecular formula is C75H99N9O15. The summed E-state index contributed by atoms with van der Waals surface area (Å²) in [5.41, 5.74) is 1.94. The Bertz CT molecular complexity index is 3520. The standard InChI is InChI=1S/C75H99N9O15/c1-49(2)42-59-71(92)81(7)39-18-12-11-16-28-66(88)98-48-75(3,4)68(89)73(94)84-40-19-17-26-58(84)74(95)99-60(35-33-51-34-36-61(96-9)62(44-51)97-10)54-24-20-25-55(45-54)77-63(85)37-38-64(86)79-67(53-22-14-13-15-23-53)69(90)78-56(70(91)83-41-21-27-57(83)72(93)82(59)8)43-50-29-31-52(32-30-50)46-76-65(87)47-80(5)6/h13-16,20,22-25,28-32,34,36,44-45,49,56-60,67H,11-12,17-19,21,26-27,33,35,37-43,46-48H2,1-10H3,(H,76,87)(H,77,85)(H,78,90)(H,79,86)/t56-,57+,58-,59-,60+,67-/m0/s1. The van der Waals surface area contributed by atoms with E-state index in [1.807, 2.05) is 38.1 Å². The number of Topliss-reactive ketones (excluding diaryl/α,β-unsaturated/α-hetero) is 1. The Labute approximate surface area is 581 Å². The molecule has 6 atom stereocenters. The number of likely N-dealkylation sites (N-methyl/N-ethyl adjacent to an activating group) is 3. The first-order valence-corrected chi connectivity index (χ1v) is 34.2. The third-order valence-electron chi connectivity index (χ3n) is 18.0. The van der Waals surface area contributed by atoms with Gasteiger partial charge in [0.1, 0.15) is 42.9 Å². The highest BCUT2D eigenvalue weighted by Crippen LogP contribution is 2.33. The fourth-order valence-electron chi connectivity index (χ4n) is 12.4. The van der Waals surface area contributed by atoms with Gasteiger partial charge in [0, 0.05) is 71.3 Å². The van der Waals surface area contributed by atoms with E-state index in [4.69, 9.17) is 18.9 Å². The molecular weight excluding hydrogens is 1270 g/mol. The average molecular weight is 1370 g/mol. The molecule has 0 spiro atoms. The van der Waals surface area contributed by atoms with Crippen molar-refractivity contribution in [3.05, 3.63) is 137 Å². The summed E-state index contributed by atoms with van der Waals surface area (Å²) in [7, 11) is 9.87. The third-order valence-corrected chi connectivity index (χ3v) is 18.0. The zero-order valence-electron chi connectivity index (χ0n) is 58.9. The molecule has 0 aromatic heterocycles. The minimum atomic E-state index is -1.48. The molecule has 4 aromatic carbocycles. The molecule has 24 heteroatoms. The van der Waals surface area contributed by atoms with E-state index in [1.165, 1.54) is 48.8 Å². The summed E-state index contributed by atoms with van der Waals surface area (Å²) in [4.78, 5) is 164. The van der Waals surface area contributed by atoms with Gasteiger partial charge in [-0.15, -0.1) is 0 Å². The minimum Gasteiger partial charge on any atom is -0.493 e. The molecule has 2 bridgehead atoms. The number of hydrogen-bond acceptors (Lipinski definition) is 16. The van der Waals surface area contributed by atoms with Gasteiger partial charge >= 0.3 is 11.9 Å².